The summed E-state index contributed by atoms with van der Waals surface area (Å²) in [5.74, 6) is -1.86. The van der Waals surface area contributed by atoms with E-state index in [0.717, 1.165) is 24.2 Å². The Morgan fingerprint density at radius 2 is 2.04 bits per heavy atom. The van der Waals surface area contributed by atoms with Gasteiger partial charge in [0.25, 0.3) is 5.91 Å². The molecule has 0 spiro atoms. The Morgan fingerprint density at radius 1 is 1.28 bits per heavy atom. The second-order valence-corrected chi connectivity index (χ2v) is 6.46. The van der Waals surface area contributed by atoms with Crippen molar-refractivity contribution in [1.82, 2.24) is 10.6 Å². The molecule has 0 aliphatic rings. The Kier molecular flexibility index (Phi) is 6.46. The van der Waals surface area contributed by atoms with E-state index in [1.54, 1.807) is 19.1 Å². The number of esters is 1. The molecular weight excluding hydrogens is 347 g/mol. The Labute approximate surface area is 148 Å². The summed E-state index contributed by atoms with van der Waals surface area (Å²) in [5, 5.41) is 4.96. The van der Waals surface area contributed by atoms with Crippen molar-refractivity contribution in [1.29, 1.82) is 0 Å². The van der Waals surface area contributed by atoms with Crippen molar-refractivity contribution in [2.75, 3.05) is 13.2 Å². The summed E-state index contributed by atoms with van der Waals surface area (Å²) >= 11 is 1.10. The number of fused-ring (bicyclic) bond motifs is 1. The quantitative estimate of drug-likeness (QED) is 0.608. The predicted octanol–water partition coefficient (Wildman–Crippen LogP) is 3.13. The number of thiophene rings is 1. The average Bonchev–Trinajstić information content (AvgIpc) is 2.91. The van der Waals surface area contributed by atoms with Crippen LogP contribution in [0.3, 0.4) is 0 Å². The van der Waals surface area contributed by atoms with Crippen LogP contribution in [-0.4, -0.2) is 31.1 Å². The first-order chi connectivity index (χ1) is 11.9. The van der Waals surface area contributed by atoms with E-state index >= 15 is 0 Å². The molecule has 6 nitrogen and oxygen atoms in total. The molecule has 0 radical (unpaired) electrons. The van der Waals surface area contributed by atoms with Gasteiger partial charge < -0.3 is 10.1 Å². The van der Waals surface area contributed by atoms with Gasteiger partial charge in [0.1, 0.15) is 10.7 Å². The summed E-state index contributed by atoms with van der Waals surface area (Å²) in [4.78, 5) is 35.4. The minimum absolute atomic E-state index is 0.236. The zero-order valence-corrected chi connectivity index (χ0v) is 14.8. The summed E-state index contributed by atoms with van der Waals surface area (Å²) in [6.07, 6.45) is 1.72. The van der Waals surface area contributed by atoms with Crippen molar-refractivity contribution >= 4 is 39.3 Å². The predicted molar refractivity (Wildman–Crippen MR) is 93.3 cm³/mol. The fourth-order valence-corrected chi connectivity index (χ4v) is 3.35. The normalized spacial score (nSPS) is 10.5. The lowest BCUT2D eigenvalue weighted by atomic mass is 10.1. The summed E-state index contributed by atoms with van der Waals surface area (Å²) in [5.41, 5.74) is 0.473. The molecule has 0 saturated heterocycles. The number of halogens is 1. The van der Waals surface area contributed by atoms with Crippen LogP contribution in [-0.2, 0) is 9.53 Å². The molecule has 0 aliphatic carbocycles. The standard InChI is InChI=1S/C17H19FN2O4S/c1-3-4-8-19-17(23)20-13(21)9-24-16(22)15-10(2)14-11(18)6-5-7-12(14)25-15/h5-7H,3-4,8-9H2,1-2H3,(H2,19,20,21,23). The number of aryl methyl sites for hydroxylation is 1. The molecule has 2 aromatic rings. The number of carbonyl (C=O) groups is 3. The molecule has 2 rings (SSSR count). The van der Waals surface area contributed by atoms with Gasteiger partial charge in [-0.2, -0.15) is 0 Å². The highest BCUT2D eigenvalue weighted by Crippen LogP contribution is 2.32. The van der Waals surface area contributed by atoms with Crippen LogP contribution in [0.4, 0.5) is 9.18 Å². The summed E-state index contributed by atoms with van der Waals surface area (Å²) in [6.45, 7) is 3.48. The zero-order valence-electron chi connectivity index (χ0n) is 14.0. The lowest BCUT2D eigenvalue weighted by molar-refractivity contribution is -0.123. The number of rotatable bonds is 6. The number of nitrogens with one attached hydrogen (secondary N) is 2. The van der Waals surface area contributed by atoms with Crippen LogP contribution < -0.4 is 10.6 Å². The van der Waals surface area contributed by atoms with E-state index in [9.17, 15) is 18.8 Å². The highest BCUT2D eigenvalue weighted by Gasteiger charge is 2.20. The lowest BCUT2D eigenvalue weighted by Crippen LogP contribution is -2.41. The van der Waals surface area contributed by atoms with Crippen LogP contribution in [0.15, 0.2) is 18.2 Å². The van der Waals surface area contributed by atoms with Crippen LogP contribution >= 0.6 is 11.3 Å². The van der Waals surface area contributed by atoms with E-state index in [1.165, 1.54) is 6.07 Å². The first-order valence-corrected chi connectivity index (χ1v) is 8.68. The highest BCUT2D eigenvalue weighted by atomic mass is 32.1. The van der Waals surface area contributed by atoms with Crippen molar-refractivity contribution < 1.29 is 23.5 Å². The van der Waals surface area contributed by atoms with Gasteiger partial charge >= 0.3 is 12.0 Å². The Balaban J connectivity index is 1.92. The number of amides is 3. The largest absolute Gasteiger partial charge is 0.451 e. The van der Waals surface area contributed by atoms with Gasteiger partial charge in [-0.1, -0.05) is 19.4 Å². The fraction of sp³-hybridized carbons (Fsp3) is 0.353. The first-order valence-electron chi connectivity index (χ1n) is 7.86. The van der Waals surface area contributed by atoms with Gasteiger partial charge in [-0.05, 0) is 31.0 Å². The molecule has 0 fully saturated rings. The summed E-state index contributed by atoms with van der Waals surface area (Å²) < 4.78 is 19.4. The fourth-order valence-electron chi connectivity index (χ4n) is 2.23. The molecule has 0 atom stereocenters. The number of unbranched alkanes of at least 4 members (excludes halogenated alkanes) is 1. The molecule has 8 heteroatoms. The molecule has 25 heavy (non-hydrogen) atoms. The van der Waals surface area contributed by atoms with E-state index in [0.29, 0.717) is 22.2 Å². The zero-order chi connectivity index (χ0) is 18.4. The molecule has 134 valence electrons. The monoisotopic (exact) mass is 366 g/mol. The van der Waals surface area contributed by atoms with Gasteiger partial charge in [-0.3, -0.25) is 10.1 Å². The molecule has 0 bridgehead atoms. The van der Waals surface area contributed by atoms with E-state index < -0.39 is 30.3 Å². The third kappa shape index (κ3) is 4.76. The summed E-state index contributed by atoms with van der Waals surface area (Å²) in [6, 6.07) is 3.96. The van der Waals surface area contributed by atoms with Gasteiger partial charge in [-0.15, -0.1) is 11.3 Å². The van der Waals surface area contributed by atoms with Crippen molar-refractivity contribution in [3.63, 3.8) is 0 Å². The molecule has 2 N–H and O–H groups in total. The highest BCUT2D eigenvalue weighted by molar-refractivity contribution is 7.21. The van der Waals surface area contributed by atoms with E-state index in [-0.39, 0.29) is 4.88 Å². The summed E-state index contributed by atoms with van der Waals surface area (Å²) in [7, 11) is 0. The number of imide groups is 1. The van der Waals surface area contributed by atoms with Gasteiger partial charge in [-0.25, -0.2) is 14.0 Å². The smallest absolute Gasteiger partial charge is 0.349 e. The maximum Gasteiger partial charge on any atom is 0.349 e. The van der Waals surface area contributed by atoms with Gasteiger partial charge in [0.05, 0.1) is 0 Å². The SMILES string of the molecule is CCCCNC(=O)NC(=O)COC(=O)c1sc2cccc(F)c2c1C. The minimum Gasteiger partial charge on any atom is -0.451 e. The third-order valence-corrected chi connectivity index (χ3v) is 4.73. The van der Waals surface area contributed by atoms with E-state index in [2.05, 4.69) is 10.6 Å². The molecule has 0 unspecified atom stereocenters. The van der Waals surface area contributed by atoms with Gasteiger partial charge in [0, 0.05) is 16.6 Å². The average molecular weight is 366 g/mol. The van der Waals surface area contributed by atoms with E-state index in [1.807, 2.05) is 6.92 Å². The molecule has 0 saturated carbocycles. The Bertz CT molecular complexity index is 803. The van der Waals surface area contributed by atoms with Crippen molar-refractivity contribution in [2.45, 2.75) is 26.7 Å². The molecule has 0 aliphatic heterocycles. The maximum absolute atomic E-state index is 13.9. The van der Waals surface area contributed by atoms with Crippen LogP contribution in [0.2, 0.25) is 0 Å². The molecular formula is C17H19FN2O4S. The lowest BCUT2D eigenvalue weighted by Gasteiger charge is -2.06. The second-order valence-electron chi connectivity index (χ2n) is 5.40. The number of urea groups is 1. The van der Waals surface area contributed by atoms with Gasteiger partial charge in [0.15, 0.2) is 6.61 Å². The van der Waals surface area contributed by atoms with Crippen LogP contribution in [0.1, 0.15) is 35.0 Å². The van der Waals surface area contributed by atoms with Crippen molar-refractivity contribution in [2.24, 2.45) is 0 Å². The number of hydrogen-bond donors (Lipinski definition) is 2. The number of ether oxygens (including phenoxy) is 1. The van der Waals surface area contributed by atoms with Crippen LogP contribution in [0.25, 0.3) is 10.1 Å². The number of carbonyl (C=O) groups excluding carboxylic acids is 3. The van der Waals surface area contributed by atoms with Gasteiger partial charge in [0.2, 0.25) is 0 Å². The molecule has 1 aromatic heterocycles. The maximum atomic E-state index is 13.9. The number of hydrogen-bond acceptors (Lipinski definition) is 5. The van der Waals surface area contributed by atoms with Crippen LogP contribution in [0, 0.1) is 12.7 Å². The molecule has 1 heterocycles. The second kappa shape index (κ2) is 8.57. The topological polar surface area (TPSA) is 84.5 Å². The first kappa shape index (κ1) is 18.9. The Morgan fingerprint density at radius 3 is 2.72 bits per heavy atom. The molecule has 3 amide bonds. The minimum atomic E-state index is -0.729. The van der Waals surface area contributed by atoms with Crippen molar-refractivity contribution in [3.05, 3.63) is 34.5 Å². The Hall–Kier alpha value is -2.48. The van der Waals surface area contributed by atoms with Crippen molar-refractivity contribution in [3.8, 4) is 0 Å². The molecule has 1 aromatic carbocycles. The van der Waals surface area contributed by atoms with Crippen LogP contribution in [0.5, 0.6) is 0 Å². The number of benzene rings is 1. The van der Waals surface area contributed by atoms with E-state index in [4.69, 9.17) is 4.74 Å². The third-order valence-electron chi connectivity index (χ3n) is 3.49.